The predicted octanol–water partition coefficient (Wildman–Crippen LogP) is 21.3. The lowest BCUT2D eigenvalue weighted by molar-refractivity contribution is -0.149. The van der Waals surface area contributed by atoms with Crippen LogP contribution in [-0.4, -0.2) is 117 Å². The summed E-state index contributed by atoms with van der Waals surface area (Å²) in [6.45, 7) is 1.27. The minimum atomic E-state index is -4.79. The van der Waals surface area contributed by atoms with E-state index in [1.807, 2.05) is 0 Å². The number of hydrogen-bond donors (Lipinski definition) is 3. The number of esters is 1. The van der Waals surface area contributed by atoms with E-state index < -0.39 is 53.8 Å². The number of allylic oxidation sites excluding steroid dienone is 6. The summed E-state index contributed by atoms with van der Waals surface area (Å²) in [4.78, 5) is 65.5. The fourth-order valence-electron chi connectivity index (χ4n) is 11.1. The highest BCUT2D eigenvalue weighted by atomic mass is 31.2. The number of aldehydes is 3. The highest BCUT2D eigenvalue weighted by molar-refractivity contribution is 7.47. The second kappa shape index (κ2) is 75.4. The van der Waals surface area contributed by atoms with E-state index in [1.165, 1.54) is 122 Å². The molecule has 0 aromatic carbocycles. The van der Waals surface area contributed by atoms with Crippen molar-refractivity contribution in [2.75, 3.05) is 59.5 Å². The Kier molecular flexibility index (Phi) is 73.7. The van der Waals surface area contributed by atoms with Crippen LogP contribution < -0.4 is 0 Å². The second-order valence-electron chi connectivity index (χ2n) is 26.5. The molecule has 0 saturated heterocycles. The van der Waals surface area contributed by atoms with Crippen molar-refractivity contribution < 1.29 is 80.2 Å². The summed E-state index contributed by atoms with van der Waals surface area (Å²) < 4.78 is 70.6. The number of phosphoric acid groups is 2. The third-order valence-electron chi connectivity index (χ3n) is 17.2. The molecule has 0 aliphatic heterocycles. The van der Waals surface area contributed by atoms with Gasteiger partial charge in [-0.15, -0.1) is 0 Å². The van der Waals surface area contributed by atoms with E-state index >= 15 is 0 Å². The number of carbonyl (C=O) groups excluding carboxylic acids is 4. The summed E-state index contributed by atoms with van der Waals surface area (Å²) in [5.41, 5.74) is 0. The highest BCUT2D eigenvalue weighted by Gasteiger charge is 2.29. The van der Waals surface area contributed by atoms with Gasteiger partial charge in [0.1, 0.15) is 43.8 Å². The molecule has 0 saturated carbocycles. The predicted molar refractivity (Wildman–Crippen MR) is 391 cm³/mol. The van der Waals surface area contributed by atoms with Crippen LogP contribution >= 0.6 is 15.6 Å². The van der Waals surface area contributed by atoms with E-state index in [0.717, 1.165) is 218 Å². The summed E-state index contributed by atoms with van der Waals surface area (Å²) in [6, 6.07) is 0. The Morgan fingerprint density at radius 2 is 0.583 bits per heavy atom. The maximum Gasteiger partial charge on any atom is 0.472 e. The van der Waals surface area contributed by atoms with Crippen molar-refractivity contribution in [3.63, 3.8) is 0 Å². The molecule has 0 aliphatic rings. The van der Waals surface area contributed by atoms with Crippen LogP contribution in [0.1, 0.15) is 354 Å². The number of rotatable bonds is 81. The third kappa shape index (κ3) is 74.5. The van der Waals surface area contributed by atoms with Gasteiger partial charge in [0.25, 0.3) is 0 Å². The Morgan fingerprint density at radius 1 is 0.323 bits per heavy atom. The van der Waals surface area contributed by atoms with Crippen LogP contribution in [0.15, 0.2) is 36.5 Å². The van der Waals surface area contributed by atoms with Crippen molar-refractivity contribution in [1.82, 2.24) is 0 Å². The molecule has 0 aromatic heterocycles. The first-order chi connectivity index (χ1) is 47.0. The van der Waals surface area contributed by atoms with E-state index in [1.54, 1.807) is 0 Å². The van der Waals surface area contributed by atoms with Crippen LogP contribution in [0, 0.1) is 0 Å². The lowest BCUT2D eigenvalue weighted by Crippen LogP contribution is -2.28. The number of hydrogen-bond acceptors (Lipinski definition) is 15. The molecule has 0 aliphatic carbocycles. The molecule has 96 heavy (non-hydrogen) atoms. The smallest absolute Gasteiger partial charge is 0.463 e. The van der Waals surface area contributed by atoms with Crippen molar-refractivity contribution in [3.8, 4) is 0 Å². The Balaban J connectivity index is 5.09. The van der Waals surface area contributed by atoms with Gasteiger partial charge in [-0.05, 0) is 122 Å². The summed E-state index contributed by atoms with van der Waals surface area (Å²) in [7, 11) is -9.52. The monoisotopic (exact) mass is 1400 g/mol. The van der Waals surface area contributed by atoms with Gasteiger partial charge in [-0.3, -0.25) is 22.9 Å². The van der Waals surface area contributed by atoms with E-state index in [0.29, 0.717) is 39.1 Å². The quantitative estimate of drug-likeness (QED) is 0.0169. The standard InChI is InChI=1S/C77H144O17P2/c1-2-3-4-5-6-7-8-19-26-33-40-47-54-61-77(82)90-71-76(89-67-60-53-46-39-32-24-17-12-10-14-21-28-35-42-49-56-63-79)73-94-96(85,86)92-69-74(81)68-91-95(83,84)93-72-75(88-66-59-52-45-38-31-25-18-15-22-29-36-43-50-57-64-80)70-87-65-58-51-44-37-30-23-16-11-9-13-20-27-34-41-48-55-62-78/h9-10,13-15,18,62-64,74-76,81H,2-8,11-12,16-17,19-61,65-73H2,1H3,(H,83,84)(H,85,86)/b13-9-,14-10-,18-15-/t74-,75-,76-/m1/s1. The maximum absolute atomic E-state index is 13.1. The fourth-order valence-corrected chi connectivity index (χ4v) is 12.7. The zero-order valence-corrected chi connectivity index (χ0v) is 62.7. The number of phosphoric ester groups is 2. The van der Waals surface area contributed by atoms with Crippen LogP contribution in [0.5, 0.6) is 0 Å². The Hall–Kier alpha value is -2.24. The molecule has 0 radical (unpaired) electrons. The molecule has 17 nitrogen and oxygen atoms in total. The Bertz CT molecular complexity index is 1870. The van der Waals surface area contributed by atoms with Crippen LogP contribution in [0.2, 0.25) is 0 Å². The number of carbonyl (C=O) groups is 4. The number of aliphatic hydroxyl groups excluding tert-OH is 1. The zero-order valence-electron chi connectivity index (χ0n) is 60.9. The second-order valence-corrected chi connectivity index (χ2v) is 29.4. The van der Waals surface area contributed by atoms with Gasteiger partial charge < -0.3 is 48.2 Å². The molecule has 564 valence electrons. The van der Waals surface area contributed by atoms with Gasteiger partial charge in [-0.1, -0.05) is 242 Å². The van der Waals surface area contributed by atoms with Crippen LogP contribution in [0.25, 0.3) is 0 Å². The van der Waals surface area contributed by atoms with Crippen LogP contribution in [0.4, 0.5) is 0 Å². The normalized spacial score (nSPS) is 14.2. The molecule has 5 atom stereocenters. The minimum absolute atomic E-state index is 0.155. The highest BCUT2D eigenvalue weighted by Crippen LogP contribution is 2.45. The zero-order chi connectivity index (χ0) is 69.9. The van der Waals surface area contributed by atoms with Crippen LogP contribution in [-0.2, 0) is 65.4 Å². The average molecular weight is 1400 g/mol. The molecule has 3 N–H and O–H groups in total. The molecular formula is C77H144O17P2. The van der Waals surface area contributed by atoms with Crippen molar-refractivity contribution in [1.29, 1.82) is 0 Å². The number of ether oxygens (including phenoxy) is 4. The third-order valence-corrected chi connectivity index (χ3v) is 19.1. The lowest BCUT2D eigenvalue weighted by atomic mass is 10.0. The lowest BCUT2D eigenvalue weighted by Gasteiger charge is -2.21. The SMILES string of the molecule is CCCCCCCCCCCCCCCC(=O)OC[C@H](COP(=O)(O)OC[C@H](O)COP(=O)(O)OC[C@@H](COCCCCCCCCC/C=C\CCCCCCC=O)OCCCCCCC/C=C\CCCCCCC=O)OCCCCCCCCC/C=C\CCCCCCC=O. The summed E-state index contributed by atoms with van der Waals surface area (Å²) in [6.07, 6.45) is 71.7. The molecule has 19 heteroatoms. The largest absolute Gasteiger partial charge is 0.472 e. The Labute approximate surface area is 585 Å². The summed E-state index contributed by atoms with van der Waals surface area (Å²) >= 11 is 0. The first-order valence-corrected chi connectivity index (χ1v) is 42.1. The van der Waals surface area contributed by atoms with Crippen molar-refractivity contribution in [2.45, 2.75) is 372 Å². The minimum Gasteiger partial charge on any atom is -0.463 e. The van der Waals surface area contributed by atoms with Crippen molar-refractivity contribution in [2.24, 2.45) is 0 Å². The summed E-state index contributed by atoms with van der Waals surface area (Å²) in [5, 5.41) is 10.6. The van der Waals surface area contributed by atoms with E-state index in [4.69, 9.17) is 37.0 Å². The van der Waals surface area contributed by atoms with Gasteiger partial charge in [0.05, 0.1) is 33.0 Å². The van der Waals surface area contributed by atoms with Gasteiger partial charge in [-0.25, -0.2) is 9.13 Å². The van der Waals surface area contributed by atoms with E-state index in [9.17, 15) is 43.2 Å². The molecular weight excluding hydrogens is 1260 g/mol. The molecule has 0 amide bonds. The molecule has 0 spiro atoms. The topological polar surface area (TPSA) is 237 Å². The van der Waals surface area contributed by atoms with Crippen LogP contribution in [0.3, 0.4) is 0 Å². The van der Waals surface area contributed by atoms with Gasteiger partial charge in [0, 0.05) is 45.5 Å². The number of unbranched alkanes of at least 4 members (excludes halogenated alkanes) is 46. The molecule has 0 heterocycles. The van der Waals surface area contributed by atoms with Crippen molar-refractivity contribution in [3.05, 3.63) is 36.5 Å². The van der Waals surface area contributed by atoms with Gasteiger partial charge in [0.15, 0.2) is 0 Å². The molecule has 0 aromatic rings. The Morgan fingerprint density at radius 3 is 0.906 bits per heavy atom. The van der Waals surface area contributed by atoms with Crippen molar-refractivity contribution >= 4 is 40.5 Å². The maximum atomic E-state index is 13.1. The molecule has 2 unspecified atom stereocenters. The molecule has 0 rings (SSSR count). The first kappa shape index (κ1) is 93.8. The van der Waals surface area contributed by atoms with E-state index in [2.05, 4.69) is 43.4 Å². The fraction of sp³-hybridized carbons (Fsp3) is 0.870. The molecule has 0 fully saturated rings. The van der Waals surface area contributed by atoms with E-state index in [-0.39, 0.29) is 32.2 Å². The average Bonchev–Trinajstić information content (AvgIpc) is 3.79. The number of aliphatic hydroxyl groups is 1. The summed E-state index contributed by atoms with van der Waals surface area (Å²) in [5.74, 6) is -0.369. The van der Waals surface area contributed by atoms with Gasteiger partial charge in [0.2, 0.25) is 0 Å². The molecule has 0 bridgehead atoms. The van der Waals surface area contributed by atoms with Gasteiger partial charge in [-0.2, -0.15) is 0 Å². The first-order valence-electron chi connectivity index (χ1n) is 39.1. The van der Waals surface area contributed by atoms with Gasteiger partial charge >= 0.3 is 21.6 Å².